The Balaban J connectivity index is 2.14. The zero-order chi connectivity index (χ0) is 14.5. The Labute approximate surface area is 118 Å². The number of nitrogens with one attached hydrogen (secondary N) is 2. The molecule has 1 fully saturated rings. The van der Waals surface area contributed by atoms with E-state index < -0.39 is 0 Å². The first-order valence-electron chi connectivity index (χ1n) is 6.86. The molecule has 0 spiro atoms. The third kappa shape index (κ3) is 3.50. The minimum Gasteiger partial charge on any atom is -0.495 e. The monoisotopic (exact) mass is 276 g/mol. The van der Waals surface area contributed by atoms with Crippen LogP contribution in [0.3, 0.4) is 0 Å². The first-order valence-corrected chi connectivity index (χ1v) is 6.86. The number of ether oxygens (including phenoxy) is 1. The van der Waals surface area contributed by atoms with Gasteiger partial charge in [-0.05, 0) is 31.0 Å². The van der Waals surface area contributed by atoms with E-state index in [1.165, 1.54) is 6.92 Å². The van der Waals surface area contributed by atoms with Crippen LogP contribution in [-0.2, 0) is 9.59 Å². The first-order chi connectivity index (χ1) is 9.60. The van der Waals surface area contributed by atoms with E-state index in [-0.39, 0.29) is 17.7 Å². The molecule has 0 radical (unpaired) electrons. The van der Waals surface area contributed by atoms with Crippen molar-refractivity contribution in [3.8, 4) is 5.75 Å². The highest BCUT2D eigenvalue weighted by Crippen LogP contribution is 2.31. The maximum atomic E-state index is 12.2. The number of anilines is 2. The molecule has 5 nitrogen and oxygen atoms in total. The van der Waals surface area contributed by atoms with Crippen LogP contribution in [0.1, 0.15) is 32.6 Å². The number of benzene rings is 1. The van der Waals surface area contributed by atoms with Crippen molar-refractivity contribution in [2.45, 2.75) is 32.6 Å². The number of methoxy groups -OCH3 is 1. The Morgan fingerprint density at radius 1 is 1.20 bits per heavy atom. The summed E-state index contributed by atoms with van der Waals surface area (Å²) in [7, 11) is 1.55. The van der Waals surface area contributed by atoms with Crippen LogP contribution >= 0.6 is 0 Å². The average molecular weight is 276 g/mol. The van der Waals surface area contributed by atoms with Crippen LogP contribution in [0.25, 0.3) is 0 Å². The van der Waals surface area contributed by atoms with Crippen molar-refractivity contribution in [1.29, 1.82) is 0 Å². The van der Waals surface area contributed by atoms with Gasteiger partial charge in [0.25, 0.3) is 0 Å². The van der Waals surface area contributed by atoms with Crippen LogP contribution in [0.4, 0.5) is 11.4 Å². The van der Waals surface area contributed by atoms with E-state index >= 15 is 0 Å². The van der Waals surface area contributed by atoms with Gasteiger partial charge in [-0.3, -0.25) is 9.59 Å². The SMILES string of the molecule is COc1ccc(NC(C)=O)cc1NC(=O)C1CCCC1. The lowest BCUT2D eigenvalue weighted by molar-refractivity contribution is -0.119. The number of hydrogen-bond acceptors (Lipinski definition) is 3. The molecule has 0 atom stereocenters. The average Bonchev–Trinajstić information content (AvgIpc) is 2.92. The van der Waals surface area contributed by atoms with Crippen molar-refractivity contribution in [3.05, 3.63) is 18.2 Å². The lowest BCUT2D eigenvalue weighted by Gasteiger charge is -2.14. The molecule has 108 valence electrons. The molecule has 0 unspecified atom stereocenters. The van der Waals surface area contributed by atoms with Crippen molar-refractivity contribution >= 4 is 23.2 Å². The molecular weight excluding hydrogens is 256 g/mol. The van der Waals surface area contributed by atoms with Crippen LogP contribution in [-0.4, -0.2) is 18.9 Å². The van der Waals surface area contributed by atoms with Gasteiger partial charge in [-0.15, -0.1) is 0 Å². The van der Waals surface area contributed by atoms with Gasteiger partial charge in [0.05, 0.1) is 12.8 Å². The molecule has 2 N–H and O–H groups in total. The van der Waals surface area contributed by atoms with Gasteiger partial charge in [0, 0.05) is 18.5 Å². The number of carbonyl (C=O) groups is 2. The summed E-state index contributed by atoms with van der Waals surface area (Å²) >= 11 is 0. The number of amides is 2. The summed E-state index contributed by atoms with van der Waals surface area (Å²) in [6, 6.07) is 5.19. The molecule has 0 saturated heterocycles. The van der Waals surface area contributed by atoms with E-state index in [2.05, 4.69) is 10.6 Å². The molecule has 1 aromatic carbocycles. The summed E-state index contributed by atoms with van der Waals surface area (Å²) in [4.78, 5) is 23.2. The van der Waals surface area contributed by atoms with Crippen LogP contribution in [0.5, 0.6) is 5.75 Å². The lowest BCUT2D eigenvalue weighted by atomic mass is 10.1. The van der Waals surface area contributed by atoms with E-state index in [9.17, 15) is 9.59 Å². The standard InChI is InChI=1S/C15H20N2O3/c1-10(18)16-12-7-8-14(20-2)13(9-12)17-15(19)11-5-3-4-6-11/h7-9,11H,3-6H2,1-2H3,(H,16,18)(H,17,19). The zero-order valence-electron chi connectivity index (χ0n) is 11.9. The van der Waals surface area contributed by atoms with Gasteiger partial charge >= 0.3 is 0 Å². The van der Waals surface area contributed by atoms with Gasteiger partial charge in [0.2, 0.25) is 11.8 Å². The third-order valence-corrected chi connectivity index (χ3v) is 3.50. The first kappa shape index (κ1) is 14.4. The molecule has 5 heteroatoms. The summed E-state index contributed by atoms with van der Waals surface area (Å²) < 4.78 is 5.24. The van der Waals surface area contributed by atoms with E-state index in [4.69, 9.17) is 4.74 Å². The minimum atomic E-state index is -0.150. The fourth-order valence-corrected chi connectivity index (χ4v) is 2.51. The Morgan fingerprint density at radius 3 is 2.50 bits per heavy atom. The molecule has 2 amide bonds. The van der Waals surface area contributed by atoms with Crippen LogP contribution in [0, 0.1) is 5.92 Å². The Morgan fingerprint density at radius 2 is 1.90 bits per heavy atom. The summed E-state index contributed by atoms with van der Waals surface area (Å²) in [5.41, 5.74) is 1.23. The van der Waals surface area contributed by atoms with Crippen molar-refractivity contribution in [3.63, 3.8) is 0 Å². The molecule has 0 heterocycles. The fourth-order valence-electron chi connectivity index (χ4n) is 2.51. The molecule has 20 heavy (non-hydrogen) atoms. The quantitative estimate of drug-likeness (QED) is 0.888. The molecule has 1 aliphatic carbocycles. The number of rotatable bonds is 4. The van der Waals surface area contributed by atoms with E-state index in [1.54, 1.807) is 25.3 Å². The van der Waals surface area contributed by atoms with Gasteiger partial charge < -0.3 is 15.4 Å². The van der Waals surface area contributed by atoms with E-state index in [0.29, 0.717) is 17.1 Å². The van der Waals surface area contributed by atoms with Gasteiger partial charge in [-0.2, -0.15) is 0 Å². The van der Waals surface area contributed by atoms with Gasteiger partial charge in [0.1, 0.15) is 5.75 Å². The Kier molecular flexibility index (Phi) is 4.61. The molecule has 0 bridgehead atoms. The Bertz CT molecular complexity index is 508. The molecular formula is C15H20N2O3. The fraction of sp³-hybridized carbons (Fsp3) is 0.467. The van der Waals surface area contributed by atoms with E-state index in [1.807, 2.05) is 0 Å². The van der Waals surface area contributed by atoms with Crippen molar-refractivity contribution in [2.24, 2.45) is 5.92 Å². The van der Waals surface area contributed by atoms with Crippen LogP contribution in [0.2, 0.25) is 0 Å². The van der Waals surface area contributed by atoms with Crippen molar-refractivity contribution < 1.29 is 14.3 Å². The predicted octanol–water partition coefficient (Wildman–Crippen LogP) is 2.78. The van der Waals surface area contributed by atoms with Crippen LogP contribution in [0.15, 0.2) is 18.2 Å². The Hall–Kier alpha value is -2.04. The van der Waals surface area contributed by atoms with Crippen LogP contribution < -0.4 is 15.4 Å². The summed E-state index contributed by atoms with van der Waals surface area (Å²) in [5.74, 6) is 0.554. The van der Waals surface area contributed by atoms with Crippen molar-refractivity contribution in [2.75, 3.05) is 17.7 Å². The summed E-state index contributed by atoms with van der Waals surface area (Å²) in [5, 5.41) is 5.60. The summed E-state index contributed by atoms with van der Waals surface area (Å²) in [6.07, 6.45) is 4.11. The molecule has 0 aliphatic heterocycles. The second-order valence-corrected chi connectivity index (χ2v) is 5.07. The highest BCUT2D eigenvalue weighted by atomic mass is 16.5. The molecule has 1 aliphatic rings. The smallest absolute Gasteiger partial charge is 0.227 e. The second kappa shape index (κ2) is 6.41. The third-order valence-electron chi connectivity index (χ3n) is 3.50. The number of hydrogen-bond donors (Lipinski definition) is 2. The molecule has 2 rings (SSSR count). The highest BCUT2D eigenvalue weighted by molar-refractivity contribution is 5.96. The van der Waals surface area contributed by atoms with Gasteiger partial charge in [0.15, 0.2) is 0 Å². The van der Waals surface area contributed by atoms with Crippen molar-refractivity contribution in [1.82, 2.24) is 0 Å². The molecule has 1 aromatic rings. The predicted molar refractivity (Wildman–Crippen MR) is 77.9 cm³/mol. The largest absolute Gasteiger partial charge is 0.495 e. The second-order valence-electron chi connectivity index (χ2n) is 5.07. The zero-order valence-corrected chi connectivity index (χ0v) is 11.9. The topological polar surface area (TPSA) is 67.4 Å². The minimum absolute atomic E-state index is 0.0285. The highest BCUT2D eigenvalue weighted by Gasteiger charge is 2.23. The molecule has 1 saturated carbocycles. The maximum absolute atomic E-state index is 12.2. The van der Waals surface area contributed by atoms with Gasteiger partial charge in [-0.1, -0.05) is 12.8 Å². The normalized spacial score (nSPS) is 14.9. The van der Waals surface area contributed by atoms with Gasteiger partial charge in [-0.25, -0.2) is 0 Å². The summed E-state index contributed by atoms with van der Waals surface area (Å²) in [6.45, 7) is 1.45. The lowest BCUT2D eigenvalue weighted by Crippen LogP contribution is -2.20. The molecule has 0 aromatic heterocycles. The number of carbonyl (C=O) groups excluding carboxylic acids is 2. The van der Waals surface area contributed by atoms with E-state index in [0.717, 1.165) is 25.7 Å². The maximum Gasteiger partial charge on any atom is 0.227 e.